The Morgan fingerprint density at radius 2 is 0.932 bits per heavy atom. The number of hydrogen-bond donors (Lipinski definition) is 0. The molecule has 0 unspecified atom stereocenters. The van der Waals surface area contributed by atoms with E-state index in [1.807, 2.05) is 0 Å². The van der Waals surface area contributed by atoms with Crippen LogP contribution in [0.1, 0.15) is 41.5 Å². The zero-order valence-corrected chi connectivity index (χ0v) is 26.6. The van der Waals surface area contributed by atoms with Crippen LogP contribution in [0.2, 0.25) is 0 Å². The van der Waals surface area contributed by atoms with Crippen LogP contribution in [0.5, 0.6) is 34.5 Å². The predicted molar refractivity (Wildman–Crippen MR) is 161 cm³/mol. The van der Waals surface area contributed by atoms with Crippen molar-refractivity contribution in [2.75, 3.05) is 39.6 Å². The summed E-state index contributed by atoms with van der Waals surface area (Å²) in [5, 5.41) is 0. The van der Waals surface area contributed by atoms with Gasteiger partial charge in [0.1, 0.15) is 44.3 Å². The molecule has 8 nitrogen and oxygen atoms in total. The van der Waals surface area contributed by atoms with E-state index < -0.39 is 22.5 Å². The van der Waals surface area contributed by atoms with Crippen LogP contribution < -0.4 is 28.4 Å². The molecule has 242 valence electrons. The van der Waals surface area contributed by atoms with Crippen LogP contribution >= 0.6 is 10.3 Å². The zero-order valence-electron chi connectivity index (χ0n) is 25.7. The normalized spacial score (nSPS) is 11.8. The van der Waals surface area contributed by atoms with Gasteiger partial charge in [0.05, 0.1) is 39.6 Å². The summed E-state index contributed by atoms with van der Waals surface area (Å²) in [4.78, 5) is 13.4. The standard InChI is InChI=1S/C32H39F3O8S/c1-7-37-22-18-25(39-9-3)29(26(19-22)40-10-4)44(24-16-14-13-15-17-24,43-31(36)32(33,34)35)30-27(41-11-5)20-23(38-8-2)21-28(30)42-12-6/h13-21H,7-12H2,1-6H3. The fourth-order valence-electron chi connectivity index (χ4n) is 4.46. The van der Waals surface area contributed by atoms with Gasteiger partial charge < -0.3 is 32.6 Å². The first-order chi connectivity index (χ1) is 21.1. The SMILES string of the molecule is CCOc1cc(OCC)c(S(OC(=O)C(F)(F)F)(c2ccccc2)c2c(OCC)cc(OCC)cc2OCC)c(OCC)c1. The van der Waals surface area contributed by atoms with Gasteiger partial charge in [0, 0.05) is 39.5 Å². The topological polar surface area (TPSA) is 81.7 Å². The fourth-order valence-corrected chi connectivity index (χ4v) is 7.87. The summed E-state index contributed by atoms with van der Waals surface area (Å²) in [5.74, 6) is -1.27. The lowest BCUT2D eigenvalue weighted by Crippen LogP contribution is -2.28. The van der Waals surface area contributed by atoms with Crippen LogP contribution in [0.3, 0.4) is 0 Å². The van der Waals surface area contributed by atoms with Crippen molar-refractivity contribution >= 4 is 16.3 Å². The van der Waals surface area contributed by atoms with Gasteiger partial charge in [-0.15, -0.1) is 0 Å². The molecule has 0 fully saturated rings. The quantitative estimate of drug-likeness (QED) is 0.155. The minimum Gasteiger partial charge on any atom is -0.494 e. The van der Waals surface area contributed by atoms with Crippen molar-refractivity contribution in [2.24, 2.45) is 0 Å². The number of halogens is 3. The maximum atomic E-state index is 14.2. The Bertz CT molecular complexity index is 1260. The van der Waals surface area contributed by atoms with E-state index in [2.05, 4.69) is 0 Å². The summed E-state index contributed by atoms with van der Waals surface area (Å²) >= 11 is 0. The van der Waals surface area contributed by atoms with Crippen LogP contribution in [0.15, 0.2) is 69.3 Å². The second kappa shape index (κ2) is 15.7. The third-order valence-electron chi connectivity index (χ3n) is 5.89. The molecule has 0 aliphatic carbocycles. The molecule has 0 amide bonds. The van der Waals surface area contributed by atoms with Crippen molar-refractivity contribution in [3.05, 3.63) is 54.6 Å². The Labute approximate surface area is 257 Å². The Balaban J connectivity index is 2.71. The van der Waals surface area contributed by atoms with E-state index in [4.69, 9.17) is 32.6 Å². The minimum absolute atomic E-state index is 0.0690. The molecule has 0 aliphatic heterocycles. The number of ether oxygens (including phenoxy) is 6. The van der Waals surface area contributed by atoms with E-state index >= 15 is 0 Å². The molecule has 3 aromatic carbocycles. The third kappa shape index (κ3) is 7.58. The zero-order chi connectivity index (χ0) is 32.3. The predicted octanol–water partition coefficient (Wildman–Crippen LogP) is 8.38. The van der Waals surface area contributed by atoms with Crippen molar-refractivity contribution in [1.82, 2.24) is 0 Å². The van der Waals surface area contributed by atoms with Crippen molar-refractivity contribution in [2.45, 2.75) is 62.4 Å². The Morgan fingerprint density at radius 3 is 1.23 bits per heavy atom. The molecule has 0 bridgehead atoms. The summed E-state index contributed by atoms with van der Waals surface area (Å²) < 4.78 is 84.3. The van der Waals surface area contributed by atoms with Gasteiger partial charge in [-0.25, -0.2) is 4.79 Å². The van der Waals surface area contributed by atoms with Gasteiger partial charge in [-0.1, -0.05) is 18.2 Å². The number of hydrogen-bond acceptors (Lipinski definition) is 8. The highest BCUT2D eigenvalue weighted by atomic mass is 32.3. The molecule has 3 rings (SSSR count). The molecule has 0 heterocycles. The van der Waals surface area contributed by atoms with E-state index in [9.17, 15) is 18.0 Å². The highest BCUT2D eigenvalue weighted by molar-refractivity contribution is 8.30. The molecule has 3 aromatic rings. The van der Waals surface area contributed by atoms with Gasteiger partial charge in [-0.3, -0.25) is 0 Å². The lowest BCUT2D eigenvalue weighted by molar-refractivity contribution is -0.188. The van der Waals surface area contributed by atoms with Gasteiger partial charge in [0.25, 0.3) is 0 Å². The number of alkyl halides is 3. The largest absolute Gasteiger partial charge is 0.494 e. The summed E-state index contributed by atoms with van der Waals surface area (Å²) in [5.41, 5.74) is 0. The van der Waals surface area contributed by atoms with E-state index in [1.54, 1.807) is 96.1 Å². The molecular formula is C32H39F3O8S. The van der Waals surface area contributed by atoms with Gasteiger partial charge >= 0.3 is 12.1 Å². The molecule has 0 radical (unpaired) electrons. The average Bonchev–Trinajstić information content (AvgIpc) is 2.97. The van der Waals surface area contributed by atoms with Crippen LogP contribution in [0, 0.1) is 0 Å². The van der Waals surface area contributed by atoms with Gasteiger partial charge in [-0.2, -0.15) is 13.2 Å². The van der Waals surface area contributed by atoms with Gasteiger partial charge in [0.15, 0.2) is 0 Å². The van der Waals surface area contributed by atoms with E-state index in [1.165, 1.54) is 0 Å². The molecule has 0 saturated heterocycles. The Kier molecular flexibility index (Phi) is 12.3. The monoisotopic (exact) mass is 640 g/mol. The minimum atomic E-state index is -5.35. The molecule has 0 saturated carbocycles. The molecule has 12 heteroatoms. The molecular weight excluding hydrogens is 601 g/mol. The molecule has 0 spiro atoms. The molecule has 0 aromatic heterocycles. The molecule has 44 heavy (non-hydrogen) atoms. The molecule has 0 N–H and O–H groups in total. The lowest BCUT2D eigenvalue weighted by atomic mass is 10.3. The highest BCUT2D eigenvalue weighted by Crippen LogP contribution is 2.77. The van der Waals surface area contributed by atoms with Gasteiger partial charge in [0.2, 0.25) is 0 Å². The maximum Gasteiger partial charge on any atom is 0.491 e. The number of benzene rings is 3. The summed E-state index contributed by atoms with van der Waals surface area (Å²) in [6.07, 6.45) is -5.35. The van der Waals surface area contributed by atoms with Crippen molar-refractivity contribution < 1.29 is 50.6 Å². The highest BCUT2D eigenvalue weighted by Gasteiger charge is 2.51. The van der Waals surface area contributed by atoms with E-state index in [0.717, 1.165) is 0 Å². The van der Waals surface area contributed by atoms with Crippen molar-refractivity contribution in [3.8, 4) is 34.5 Å². The average molecular weight is 641 g/mol. The Morgan fingerprint density at radius 1 is 0.591 bits per heavy atom. The van der Waals surface area contributed by atoms with Crippen LogP contribution in [0.4, 0.5) is 13.2 Å². The van der Waals surface area contributed by atoms with Crippen molar-refractivity contribution in [1.29, 1.82) is 0 Å². The molecule has 0 atom stereocenters. The van der Waals surface area contributed by atoms with Crippen LogP contribution in [0.25, 0.3) is 0 Å². The second-order valence-corrected chi connectivity index (χ2v) is 11.4. The first-order valence-electron chi connectivity index (χ1n) is 14.4. The number of rotatable bonds is 16. The van der Waals surface area contributed by atoms with Crippen molar-refractivity contribution in [3.63, 3.8) is 0 Å². The lowest BCUT2D eigenvalue weighted by Gasteiger charge is -2.42. The number of carbonyl (C=O) groups excluding carboxylic acids is 1. The first kappa shape index (κ1) is 34.6. The summed E-state index contributed by atoms with van der Waals surface area (Å²) in [7, 11) is -3.77. The second-order valence-electron chi connectivity index (χ2n) is 8.83. The fraction of sp³-hybridized carbons (Fsp3) is 0.406. The van der Waals surface area contributed by atoms with E-state index in [0.29, 0.717) is 24.7 Å². The smallest absolute Gasteiger partial charge is 0.491 e. The van der Waals surface area contributed by atoms with E-state index in [-0.39, 0.29) is 64.1 Å². The van der Waals surface area contributed by atoms with Crippen LogP contribution in [-0.2, 0) is 8.98 Å². The summed E-state index contributed by atoms with van der Waals surface area (Å²) in [6, 6.07) is 14.4. The summed E-state index contributed by atoms with van der Waals surface area (Å²) in [6.45, 7) is 11.6. The molecule has 0 aliphatic rings. The van der Waals surface area contributed by atoms with Gasteiger partial charge in [-0.05, 0) is 53.7 Å². The maximum absolute atomic E-state index is 14.2. The van der Waals surface area contributed by atoms with Crippen LogP contribution in [-0.4, -0.2) is 51.8 Å². The first-order valence-corrected chi connectivity index (χ1v) is 16.0. The third-order valence-corrected chi connectivity index (χ3v) is 9.18. The Hall–Kier alpha value is -3.93. The number of carbonyl (C=O) groups is 1.